The third-order valence-corrected chi connectivity index (χ3v) is 5.25. The largest absolute Gasteiger partial charge is 0.487 e. The molecule has 2 heterocycles. The van der Waals surface area contributed by atoms with Crippen LogP contribution in [0.1, 0.15) is 56.6 Å². The topological polar surface area (TPSA) is 47.6 Å². The van der Waals surface area contributed by atoms with Crippen LogP contribution in [-0.2, 0) is 9.53 Å². The second-order valence-electron chi connectivity index (χ2n) is 6.80. The number of para-hydroxylation sites is 1. The summed E-state index contributed by atoms with van der Waals surface area (Å²) < 4.78 is 11.9. The fourth-order valence-corrected chi connectivity index (χ4v) is 4.12. The van der Waals surface area contributed by atoms with E-state index in [9.17, 15) is 4.79 Å². The monoisotopic (exact) mass is 301 g/mol. The predicted molar refractivity (Wildman–Crippen MR) is 82.7 cm³/mol. The molecule has 2 atom stereocenters. The highest BCUT2D eigenvalue weighted by molar-refractivity contribution is 5.81. The van der Waals surface area contributed by atoms with Crippen molar-refractivity contribution in [3.8, 4) is 5.75 Å². The molecule has 3 aliphatic rings. The Balaban J connectivity index is 1.58. The molecular formula is C18H23NO3. The van der Waals surface area contributed by atoms with Gasteiger partial charge in [-0.25, -0.2) is 0 Å². The highest BCUT2D eigenvalue weighted by Crippen LogP contribution is 2.47. The average molecular weight is 301 g/mol. The van der Waals surface area contributed by atoms with Crippen molar-refractivity contribution in [3.63, 3.8) is 0 Å². The molecule has 1 saturated heterocycles. The molecule has 118 valence electrons. The highest BCUT2D eigenvalue weighted by atomic mass is 16.5. The van der Waals surface area contributed by atoms with E-state index in [2.05, 4.69) is 11.4 Å². The van der Waals surface area contributed by atoms with E-state index in [1.807, 2.05) is 18.2 Å². The molecule has 4 heteroatoms. The van der Waals surface area contributed by atoms with Gasteiger partial charge in [-0.05, 0) is 44.6 Å². The summed E-state index contributed by atoms with van der Waals surface area (Å²) in [6.45, 7) is 0.701. The molecule has 1 saturated carbocycles. The first-order chi connectivity index (χ1) is 10.8. The second-order valence-corrected chi connectivity index (χ2v) is 6.80. The molecule has 22 heavy (non-hydrogen) atoms. The maximum absolute atomic E-state index is 12.4. The number of hydrogen-bond donors (Lipinski definition) is 1. The van der Waals surface area contributed by atoms with Gasteiger partial charge in [-0.3, -0.25) is 4.79 Å². The number of rotatable bonds is 2. The van der Waals surface area contributed by atoms with Gasteiger partial charge in [0.15, 0.2) is 0 Å². The SMILES string of the molecule is O=C(N[C@H]1CC2(CCCC2)Oc2ccccc21)[C@@H]1CCCO1. The fraction of sp³-hybridized carbons (Fsp3) is 0.611. The highest BCUT2D eigenvalue weighted by Gasteiger charge is 2.43. The van der Waals surface area contributed by atoms with Gasteiger partial charge in [-0.1, -0.05) is 18.2 Å². The van der Waals surface area contributed by atoms with Crippen LogP contribution in [0.4, 0.5) is 0 Å². The Hall–Kier alpha value is -1.55. The number of ether oxygens (including phenoxy) is 2. The summed E-state index contributed by atoms with van der Waals surface area (Å²) in [5.41, 5.74) is 1.02. The Bertz CT molecular complexity index is 559. The summed E-state index contributed by atoms with van der Waals surface area (Å²) in [7, 11) is 0. The lowest BCUT2D eigenvalue weighted by Crippen LogP contribution is -2.45. The standard InChI is InChI=1S/C18H23NO3/c20-17(16-8-5-11-21-16)19-14-12-18(9-3-4-10-18)22-15-7-2-1-6-13(14)15/h1-2,6-7,14,16H,3-5,8-12H2,(H,19,20)/t14-,16-/m0/s1. The molecule has 1 amide bonds. The van der Waals surface area contributed by atoms with E-state index in [-0.39, 0.29) is 23.7 Å². The number of amides is 1. The molecule has 4 nitrogen and oxygen atoms in total. The van der Waals surface area contributed by atoms with Gasteiger partial charge in [0.2, 0.25) is 5.91 Å². The summed E-state index contributed by atoms with van der Waals surface area (Å²) in [5.74, 6) is 0.973. The molecule has 0 radical (unpaired) electrons. The van der Waals surface area contributed by atoms with Crippen LogP contribution in [0.5, 0.6) is 5.75 Å². The smallest absolute Gasteiger partial charge is 0.249 e. The minimum absolute atomic E-state index is 0.0346. The normalized spacial score (nSPS) is 29.1. The van der Waals surface area contributed by atoms with Gasteiger partial charge in [-0.15, -0.1) is 0 Å². The number of benzene rings is 1. The van der Waals surface area contributed by atoms with Crippen LogP contribution >= 0.6 is 0 Å². The van der Waals surface area contributed by atoms with E-state index in [0.29, 0.717) is 6.61 Å². The van der Waals surface area contributed by atoms with E-state index in [4.69, 9.17) is 9.47 Å². The number of carbonyl (C=O) groups excluding carboxylic acids is 1. The van der Waals surface area contributed by atoms with Gasteiger partial charge in [0, 0.05) is 18.6 Å². The number of carbonyl (C=O) groups is 1. The Morgan fingerprint density at radius 2 is 2.00 bits per heavy atom. The minimum atomic E-state index is -0.269. The van der Waals surface area contributed by atoms with Gasteiger partial charge in [0.1, 0.15) is 17.5 Å². The quantitative estimate of drug-likeness (QED) is 0.913. The van der Waals surface area contributed by atoms with Crippen LogP contribution < -0.4 is 10.1 Å². The summed E-state index contributed by atoms with van der Waals surface area (Å²) in [4.78, 5) is 12.4. The molecule has 1 aromatic carbocycles. The van der Waals surface area contributed by atoms with E-state index < -0.39 is 0 Å². The number of hydrogen-bond acceptors (Lipinski definition) is 3. The lowest BCUT2D eigenvalue weighted by atomic mass is 9.86. The average Bonchev–Trinajstić information content (AvgIpc) is 3.19. The molecule has 0 aromatic heterocycles. The van der Waals surface area contributed by atoms with Crippen LogP contribution in [0.15, 0.2) is 24.3 Å². The van der Waals surface area contributed by atoms with Crippen molar-refractivity contribution in [2.45, 2.75) is 62.7 Å². The van der Waals surface area contributed by atoms with Crippen molar-refractivity contribution < 1.29 is 14.3 Å². The summed E-state index contributed by atoms with van der Waals surface area (Å²) in [6.07, 6.45) is 7.04. The lowest BCUT2D eigenvalue weighted by molar-refractivity contribution is -0.131. The lowest BCUT2D eigenvalue weighted by Gasteiger charge is -2.40. The first-order valence-electron chi connectivity index (χ1n) is 8.46. The zero-order chi connectivity index (χ0) is 15.0. The molecule has 1 aliphatic carbocycles. The maximum atomic E-state index is 12.4. The van der Waals surface area contributed by atoms with Gasteiger partial charge in [0.05, 0.1) is 6.04 Å². The van der Waals surface area contributed by atoms with Gasteiger partial charge >= 0.3 is 0 Å². The Kier molecular flexibility index (Phi) is 3.57. The van der Waals surface area contributed by atoms with Crippen molar-refractivity contribution in [1.29, 1.82) is 0 Å². The molecular weight excluding hydrogens is 278 g/mol. The van der Waals surface area contributed by atoms with Crippen molar-refractivity contribution in [2.24, 2.45) is 0 Å². The van der Waals surface area contributed by atoms with E-state index in [0.717, 1.165) is 43.4 Å². The molecule has 4 rings (SSSR count). The summed E-state index contributed by atoms with van der Waals surface area (Å²) in [6, 6.07) is 8.16. The summed E-state index contributed by atoms with van der Waals surface area (Å²) >= 11 is 0. The van der Waals surface area contributed by atoms with Crippen molar-refractivity contribution >= 4 is 5.91 Å². The number of fused-ring (bicyclic) bond motifs is 1. The predicted octanol–water partition coefficient (Wildman–Crippen LogP) is 3.12. The Morgan fingerprint density at radius 1 is 1.18 bits per heavy atom. The van der Waals surface area contributed by atoms with Crippen LogP contribution in [0.25, 0.3) is 0 Å². The zero-order valence-corrected chi connectivity index (χ0v) is 12.8. The van der Waals surface area contributed by atoms with E-state index >= 15 is 0 Å². The van der Waals surface area contributed by atoms with Crippen molar-refractivity contribution in [1.82, 2.24) is 5.32 Å². The van der Waals surface area contributed by atoms with Crippen LogP contribution in [0.3, 0.4) is 0 Å². The van der Waals surface area contributed by atoms with Crippen molar-refractivity contribution in [3.05, 3.63) is 29.8 Å². The third-order valence-electron chi connectivity index (χ3n) is 5.25. The maximum Gasteiger partial charge on any atom is 0.249 e. The number of nitrogens with one attached hydrogen (secondary N) is 1. The Morgan fingerprint density at radius 3 is 2.77 bits per heavy atom. The molecule has 0 bridgehead atoms. The first-order valence-corrected chi connectivity index (χ1v) is 8.46. The van der Waals surface area contributed by atoms with Crippen LogP contribution in [0, 0.1) is 0 Å². The van der Waals surface area contributed by atoms with Crippen molar-refractivity contribution in [2.75, 3.05) is 6.61 Å². The minimum Gasteiger partial charge on any atom is -0.487 e. The van der Waals surface area contributed by atoms with E-state index in [1.54, 1.807) is 0 Å². The fourth-order valence-electron chi connectivity index (χ4n) is 4.12. The molecule has 1 N–H and O–H groups in total. The molecule has 2 fully saturated rings. The molecule has 0 unspecified atom stereocenters. The molecule has 1 aromatic rings. The van der Waals surface area contributed by atoms with E-state index in [1.165, 1.54) is 12.8 Å². The van der Waals surface area contributed by atoms with Crippen LogP contribution in [0.2, 0.25) is 0 Å². The van der Waals surface area contributed by atoms with Gasteiger partial charge in [-0.2, -0.15) is 0 Å². The molecule has 2 aliphatic heterocycles. The Labute approximate surface area is 131 Å². The van der Waals surface area contributed by atoms with Gasteiger partial charge < -0.3 is 14.8 Å². The van der Waals surface area contributed by atoms with Crippen LogP contribution in [-0.4, -0.2) is 24.2 Å². The molecule has 1 spiro atoms. The van der Waals surface area contributed by atoms with Gasteiger partial charge in [0.25, 0.3) is 0 Å². The zero-order valence-electron chi connectivity index (χ0n) is 12.8. The second kappa shape index (κ2) is 5.58. The first kappa shape index (κ1) is 14.1. The third kappa shape index (κ3) is 2.50. The summed E-state index contributed by atoms with van der Waals surface area (Å²) in [5, 5.41) is 3.22.